The van der Waals surface area contributed by atoms with E-state index in [9.17, 15) is 18.0 Å². The number of nitrogens with zero attached hydrogens (tertiary/aromatic N) is 1. The van der Waals surface area contributed by atoms with Gasteiger partial charge in [-0.2, -0.15) is 4.39 Å². The molecule has 2 rings (SSSR count). The molecule has 0 aliphatic carbocycles. The highest BCUT2D eigenvalue weighted by molar-refractivity contribution is 5.69. The van der Waals surface area contributed by atoms with E-state index in [2.05, 4.69) is 4.98 Å². The fraction of sp³-hybridized carbons (Fsp3) is 0.294. The van der Waals surface area contributed by atoms with Crippen LogP contribution < -0.4 is 4.74 Å². The van der Waals surface area contributed by atoms with Crippen molar-refractivity contribution in [3.05, 3.63) is 48.0 Å². The number of hydrogen-bond acceptors (Lipinski definition) is 4. The quantitative estimate of drug-likeness (QED) is 0.436. The average Bonchev–Trinajstić information content (AvgIpc) is 2.54. The molecule has 0 atom stereocenters. The summed E-state index contributed by atoms with van der Waals surface area (Å²) in [6, 6.07) is 4.79. The number of halogens is 3. The highest BCUT2D eigenvalue weighted by atomic mass is 19.1. The van der Waals surface area contributed by atoms with E-state index in [4.69, 9.17) is 9.47 Å². The van der Waals surface area contributed by atoms with Crippen molar-refractivity contribution in [2.75, 3.05) is 13.2 Å². The van der Waals surface area contributed by atoms with E-state index in [0.717, 1.165) is 12.1 Å². The predicted octanol–water partition coefficient (Wildman–Crippen LogP) is 3.89. The van der Waals surface area contributed by atoms with Crippen LogP contribution in [0, 0.1) is 17.6 Å². The molecule has 0 aliphatic rings. The van der Waals surface area contributed by atoms with Gasteiger partial charge >= 0.3 is 5.97 Å². The van der Waals surface area contributed by atoms with Gasteiger partial charge in [0.2, 0.25) is 5.95 Å². The number of ether oxygens (including phenoxy) is 2. The summed E-state index contributed by atoms with van der Waals surface area (Å²) >= 11 is 0. The number of hydrogen-bond donors (Lipinski definition) is 0. The molecule has 0 bridgehead atoms. The molecular weight excluding hydrogens is 323 g/mol. The van der Waals surface area contributed by atoms with Crippen LogP contribution in [0.25, 0.3) is 11.1 Å². The highest BCUT2D eigenvalue weighted by Gasteiger charge is 2.16. The van der Waals surface area contributed by atoms with Crippen LogP contribution in [-0.4, -0.2) is 24.2 Å². The molecule has 0 saturated carbocycles. The van der Waals surface area contributed by atoms with Crippen LogP contribution >= 0.6 is 0 Å². The van der Waals surface area contributed by atoms with Crippen molar-refractivity contribution in [2.24, 2.45) is 0 Å². The van der Waals surface area contributed by atoms with E-state index in [0.29, 0.717) is 0 Å². The van der Waals surface area contributed by atoms with Gasteiger partial charge in [0.25, 0.3) is 0 Å². The fourth-order valence-electron chi connectivity index (χ4n) is 2.08. The van der Waals surface area contributed by atoms with Gasteiger partial charge in [-0.15, -0.1) is 0 Å². The summed E-state index contributed by atoms with van der Waals surface area (Å²) in [5.41, 5.74) is 0.0126. The Kier molecular flexibility index (Phi) is 6.17. The number of benzene rings is 1. The van der Waals surface area contributed by atoms with Crippen LogP contribution in [-0.2, 0) is 9.53 Å². The summed E-state index contributed by atoms with van der Waals surface area (Å²) in [7, 11) is 0. The number of rotatable bonds is 7. The molecule has 0 radical (unpaired) electrons. The Morgan fingerprint density at radius 1 is 1.21 bits per heavy atom. The molecule has 0 fully saturated rings. The monoisotopic (exact) mass is 339 g/mol. The van der Waals surface area contributed by atoms with E-state index in [1.54, 1.807) is 6.92 Å². The predicted molar refractivity (Wildman–Crippen MR) is 80.9 cm³/mol. The summed E-state index contributed by atoms with van der Waals surface area (Å²) in [6.45, 7) is 1.91. The van der Waals surface area contributed by atoms with Crippen molar-refractivity contribution in [2.45, 2.75) is 19.8 Å². The maximum Gasteiger partial charge on any atom is 0.305 e. The van der Waals surface area contributed by atoms with Crippen molar-refractivity contribution in [3.8, 4) is 16.9 Å². The fourth-order valence-corrected chi connectivity index (χ4v) is 2.08. The van der Waals surface area contributed by atoms with Crippen LogP contribution in [0.2, 0.25) is 0 Å². The molecule has 0 saturated heterocycles. The molecule has 0 amide bonds. The van der Waals surface area contributed by atoms with Gasteiger partial charge in [-0.1, -0.05) is 0 Å². The Bertz CT molecular complexity index is 699. The molecule has 4 nitrogen and oxygen atoms in total. The zero-order chi connectivity index (χ0) is 17.5. The summed E-state index contributed by atoms with van der Waals surface area (Å²) < 4.78 is 51.4. The molecule has 2 aromatic rings. The van der Waals surface area contributed by atoms with E-state index in [1.165, 1.54) is 18.3 Å². The molecule has 0 unspecified atom stereocenters. The summed E-state index contributed by atoms with van der Waals surface area (Å²) in [6.07, 6.45) is 1.60. The lowest BCUT2D eigenvalue weighted by molar-refractivity contribution is -0.143. The first-order valence-electron chi connectivity index (χ1n) is 7.41. The second-order valence-corrected chi connectivity index (χ2v) is 4.87. The molecule has 24 heavy (non-hydrogen) atoms. The second-order valence-electron chi connectivity index (χ2n) is 4.87. The average molecular weight is 339 g/mol. The molecule has 7 heteroatoms. The molecular formula is C17H16F3NO3. The Morgan fingerprint density at radius 2 is 1.92 bits per heavy atom. The molecule has 0 N–H and O–H groups in total. The Balaban J connectivity index is 2.05. The number of pyridine rings is 1. The third kappa shape index (κ3) is 4.47. The van der Waals surface area contributed by atoms with E-state index < -0.39 is 29.3 Å². The Hall–Kier alpha value is -2.57. The third-order valence-corrected chi connectivity index (χ3v) is 3.15. The van der Waals surface area contributed by atoms with Crippen molar-refractivity contribution in [3.63, 3.8) is 0 Å². The molecule has 0 spiro atoms. The van der Waals surface area contributed by atoms with Crippen molar-refractivity contribution < 1.29 is 27.4 Å². The third-order valence-electron chi connectivity index (χ3n) is 3.15. The van der Waals surface area contributed by atoms with Gasteiger partial charge in [-0.3, -0.25) is 4.79 Å². The minimum atomic E-state index is -0.954. The number of carbonyl (C=O) groups is 1. The topological polar surface area (TPSA) is 48.4 Å². The zero-order valence-electron chi connectivity index (χ0n) is 13.0. The Labute approximate surface area is 137 Å². The lowest BCUT2D eigenvalue weighted by Gasteiger charge is -2.10. The van der Waals surface area contributed by atoms with E-state index in [-0.39, 0.29) is 37.2 Å². The van der Waals surface area contributed by atoms with Crippen LogP contribution in [0.15, 0.2) is 30.5 Å². The van der Waals surface area contributed by atoms with Crippen molar-refractivity contribution in [1.29, 1.82) is 0 Å². The second kappa shape index (κ2) is 8.33. The van der Waals surface area contributed by atoms with Crippen molar-refractivity contribution >= 4 is 5.97 Å². The number of esters is 1. The van der Waals surface area contributed by atoms with Gasteiger partial charge in [0.15, 0.2) is 17.4 Å². The van der Waals surface area contributed by atoms with Crippen LogP contribution in [0.1, 0.15) is 19.8 Å². The van der Waals surface area contributed by atoms with Gasteiger partial charge in [0.1, 0.15) is 0 Å². The molecule has 1 heterocycles. The number of aromatic nitrogens is 1. The first-order chi connectivity index (χ1) is 11.5. The minimum absolute atomic E-state index is 0.0100. The molecule has 1 aromatic carbocycles. The first-order valence-corrected chi connectivity index (χ1v) is 7.41. The smallest absolute Gasteiger partial charge is 0.305 e. The van der Waals surface area contributed by atoms with Crippen LogP contribution in [0.4, 0.5) is 13.2 Å². The number of carbonyl (C=O) groups excluding carboxylic acids is 1. The SMILES string of the molecule is CCOC(=O)CCCOc1c(F)cc(-c2cccnc2F)cc1F. The lowest BCUT2D eigenvalue weighted by atomic mass is 10.1. The van der Waals surface area contributed by atoms with Gasteiger partial charge in [-0.05, 0) is 43.2 Å². The highest BCUT2D eigenvalue weighted by Crippen LogP contribution is 2.29. The van der Waals surface area contributed by atoms with Gasteiger partial charge < -0.3 is 9.47 Å². The van der Waals surface area contributed by atoms with Gasteiger partial charge in [-0.25, -0.2) is 13.8 Å². The maximum atomic E-state index is 14.0. The van der Waals surface area contributed by atoms with E-state index >= 15 is 0 Å². The summed E-state index contributed by atoms with van der Waals surface area (Å²) in [4.78, 5) is 14.6. The molecule has 128 valence electrons. The largest absolute Gasteiger partial charge is 0.488 e. The van der Waals surface area contributed by atoms with Crippen LogP contribution in [0.5, 0.6) is 5.75 Å². The lowest BCUT2D eigenvalue weighted by Crippen LogP contribution is -2.08. The molecule has 0 aliphatic heterocycles. The standard InChI is InChI=1S/C17H16F3NO3/c1-2-23-15(22)6-4-8-24-16-13(18)9-11(10-14(16)19)12-5-3-7-21-17(12)20/h3,5,7,9-10H,2,4,6,8H2,1H3. The van der Waals surface area contributed by atoms with Gasteiger partial charge in [0, 0.05) is 18.2 Å². The van der Waals surface area contributed by atoms with E-state index in [1.807, 2.05) is 0 Å². The minimum Gasteiger partial charge on any atom is -0.488 e. The normalized spacial score (nSPS) is 10.5. The first kappa shape index (κ1) is 17.8. The maximum absolute atomic E-state index is 14.0. The molecule has 1 aromatic heterocycles. The van der Waals surface area contributed by atoms with Crippen molar-refractivity contribution in [1.82, 2.24) is 4.98 Å². The Morgan fingerprint density at radius 3 is 2.54 bits per heavy atom. The van der Waals surface area contributed by atoms with Crippen LogP contribution in [0.3, 0.4) is 0 Å². The summed E-state index contributed by atoms with van der Waals surface area (Å²) in [5, 5.41) is 0. The van der Waals surface area contributed by atoms with Gasteiger partial charge in [0.05, 0.1) is 13.2 Å². The zero-order valence-corrected chi connectivity index (χ0v) is 13.0. The summed E-state index contributed by atoms with van der Waals surface area (Å²) in [5.74, 6) is -3.69.